The van der Waals surface area contributed by atoms with Gasteiger partial charge in [0, 0.05) is 6.20 Å². The smallest absolute Gasteiger partial charge is 0.360 e. The fourth-order valence-electron chi connectivity index (χ4n) is 1.24. The highest BCUT2D eigenvalue weighted by molar-refractivity contribution is 6.32. The predicted octanol–water partition coefficient (Wildman–Crippen LogP) is 1.41. The molecule has 0 saturated heterocycles. The molecule has 7 heteroatoms. The van der Waals surface area contributed by atoms with E-state index in [9.17, 15) is 4.79 Å². The summed E-state index contributed by atoms with van der Waals surface area (Å²) in [6.07, 6.45) is 2.94. The first-order chi connectivity index (χ1) is 8.11. The molecule has 0 aliphatic heterocycles. The van der Waals surface area contributed by atoms with Crippen molar-refractivity contribution in [1.82, 2.24) is 20.0 Å². The lowest BCUT2D eigenvalue weighted by Crippen LogP contribution is -2.06. The van der Waals surface area contributed by atoms with Gasteiger partial charge in [0.15, 0.2) is 11.5 Å². The van der Waals surface area contributed by atoms with E-state index in [1.54, 1.807) is 12.3 Å². The van der Waals surface area contributed by atoms with Gasteiger partial charge in [-0.05, 0) is 18.6 Å². The maximum Gasteiger partial charge on any atom is 0.360 e. The third-order valence-corrected chi connectivity index (χ3v) is 2.31. The van der Waals surface area contributed by atoms with E-state index in [4.69, 9.17) is 11.6 Å². The van der Waals surface area contributed by atoms with Gasteiger partial charge in [0.1, 0.15) is 0 Å². The summed E-state index contributed by atoms with van der Waals surface area (Å²) >= 11 is 6.01. The summed E-state index contributed by atoms with van der Waals surface area (Å²) in [6, 6.07) is 1.74. The summed E-state index contributed by atoms with van der Waals surface area (Å²) in [6.45, 7) is 1.87. The molecule has 0 amide bonds. The molecule has 0 radical (unpaired) electrons. The molecule has 6 nitrogen and oxygen atoms in total. The lowest BCUT2D eigenvalue weighted by Gasteiger charge is -2.01. The highest BCUT2D eigenvalue weighted by Crippen LogP contribution is 2.17. The van der Waals surface area contributed by atoms with E-state index in [-0.39, 0.29) is 5.69 Å². The number of ether oxygens (including phenoxy) is 1. The van der Waals surface area contributed by atoms with Crippen molar-refractivity contribution < 1.29 is 9.53 Å². The van der Waals surface area contributed by atoms with Crippen molar-refractivity contribution in [2.24, 2.45) is 0 Å². The maximum atomic E-state index is 11.2. The van der Waals surface area contributed by atoms with E-state index in [2.05, 4.69) is 19.9 Å². The van der Waals surface area contributed by atoms with Crippen LogP contribution in [0.2, 0.25) is 5.02 Å². The minimum absolute atomic E-state index is 0.103. The van der Waals surface area contributed by atoms with Gasteiger partial charge in [0.25, 0.3) is 0 Å². The van der Waals surface area contributed by atoms with Gasteiger partial charge in [-0.25, -0.2) is 9.78 Å². The molecule has 2 heterocycles. The van der Waals surface area contributed by atoms with Crippen LogP contribution in [0.25, 0.3) is 5.82 Å². The summed E-state index contributed by atoms with van der Waals surface area (Å²) in [4.78, 5) is 16.5. The van der Waals surface area contributed by atoms with Gasteiger partial charge in [-0.2, -0.15) is 5.10 Å². The molecule has 0 N–H and O–H groups in total. The van der Waals surface area contributed by atoms with Crippen LogP contribution in [0.1, 0.15) is 16.1 Å². The number of hydrogen-bond acceptors (Lipinski definition) is 5. The number of aromatic nitrogens is 4. The molecule has 2 aromatic heterocycles. The first-order valence-electron chi connectivity index (χ1n) is 4.75. The number of rotatable bonds is 2. The normalized spacial score (nSPS) is 10.3. The topological polar surface area (TPSA) is 69.9 Å². The fourth-order valence-corrected chi connectivity index (χ4v) is 1.53. The average Bonchev–Trinajstić information content (AvgIpc) is 2.77. The molecule has 88 valence electrons. The van der Waals surface area contributed by atoms with Gasteiger partial charge >= 0.3 is 5.97 Å². The Balaban J connectivity index is 2.40. The molecule has 0 aromatic carbocycles. The number of aryl methyl sites for hydroxylation is 1. The molecule has 0 unspecified atom stereocenters. The van der Waals surface area contributed by atoms with Crippen LogP contribution < -0.4 is 0 Å². The number of nitrogens with zero attached hydrogens (tertiary/aromatic N) is 4. The van der Waals surface area contributed by atoms with Gasteiger partial charge in [-0.1, -0.05) is 11.6 Å². The second kappa shape index (κ2) is 4.50. The minimum atomic E-state index is -0.556. The number of halogens is 1. The molecule has 0 aliphatic rings. The Kier molecular flexibility index (Phi) is 3.06. The zero-order chi connectivity index (χ0) is 12.4. The minimum Gasteiger partial charge on any atom is -0.464 e. The molecule has 0 saturated carbocycles. The molecule has 0 aliphatic carbocycles. The molecule has 2 aromatic rings. The van der Waals surface area contributed by atoms with Gasteiger partial charge in [-0.3, -0.25) is 0 Å². The SMILES string of the molecule is COC(=O)c1cnn(-c2ncc(C)cc2Cl)n1. The van der Waals surface area contributed by atoms with E-state index in [1.807, 2.05) is 6.92 Å². The summed E-state index contributed by atoms with van der Waals surface area (Å²) in [5.74, 6) is -0.188. The van der Waals surface area contributed by atoms with Crippen molar-refractivity contribution >= 4 is 17.6 Å². The van der Waals surface area contributed by atoms with Gasteiger partial charge in [0.2, 0.25) is 0 Å². The van der Waals surface area contributed by atoms with E-state index >= 15 is 0 Å². The molecular formula is C10H9ClN4O2. The Bertz CT molecular complexity index is 567. The van der Waals surface area contributed by atoms with Crippen LogP contribution in [0, 0.1) is 6.92 Å². The second-order valence-corrected chi connectivity index (χ2v) is 3.74. The summed E-state index contributed by atoms with van der Waals surface area (Å²) in [7, 11) is 1.28. The Morgan fingerprint density at radius 1 is 1.47 bits per heavy atom. The molecule has 0 bridgehead atoms. The van der Waals surface area contributed by atoms with E-state index in [1.165, 1.54) is 18.1 Å². The zero-order valence-electron chi connectivity index (χ0n) is 9.22. The van der Waals surface area contributed by atoms with Crippen LogP contribution in [0.15, 0.2) is 18.5 Å². The first kappa shape index (κ1) is 11.5. The Morgan fingerprint density at radius 2 is 2.24 bits per heavy atom. The predicted molar refractivity (Wildman–Crippen MR) is 60.2 cm³/mol. The van der Waals surface area contributed by atoms with Gasteiger partial charge < -0.3 is 4.74 Å². The van der Waals surface area contributed by atoms with Crippen molar-refractivity contribution in [3.8, 4) is 5.82 Å². The van der Waals surface area contributed by atoms with Crippen LogP contribution in [-0.4, -0.2) is 33.1 Å². The van der Waals surface area contributed by atoms with Crippen molar-refractivity contribution in [2.75, 3.05) is 7.11 Å². The van der Waals surface area contributed by atoms with Crippen LogP contribution in [0.5, 0.6) is 0 Å². The van der Waals surface area contributed by atoms with Crippen LogP contribution in [0.4, 0.5) is 0 Å². The highest BCUT2D eigenvalue weighted by Gasteiger charge is 2.13. The molecule has 2 rings (SSSR count). The number of methoxy groups -OCH3 is 1. The molecule has 0 spiro atoms. The van der Waals surface area contributed by atoms with Crippen molar-refractivity contribution in [3.05, 3.63) is 34.7 Å². The largest absolute Gasteiger partial charge is 0.464 e. The average molecular weight is 253 g/mol. The van der Waals surface area contributed by atoms with Crippen LogP contribution >= 0.6 is 11.6 Å². The number of pyridine rings is 1. The second-order valence-electron chi connectivity index (χ2n) is 3.33. The number of esters is 1. The molecule has 17 heavy (non-hydrogen) atoms. The van der Waals surface area contributed by atoms with E-state index in [0.717, 1.165) is 5.56 Å². The lowest BCUT2D eigenvalue weighted by molar-refractivity contribution is 0.0593. The highest BCUT2D eigenvalue weighted by atomic mass is 35.5. The van der Waals surface area contributed by atoms with Crippen LogP contribution in [0.3, 0.4) is 0 Å². The van der Waals surface area contributed by atoms with Gasteiger partial charge in [-0.15, -0.1) is 9.90 Å². The standard InChI is InChI=1S/C10H9ClN4O2/c1-6-3-7(11)9(12-4-6)15-13-5-8(14-15)10(16)17-2/h3-5H,1-2H3. The van der Waals surface area contributed by atoms with Crippen LogP contribution in [-0.2, 0) is 4.74 Å². The van der Waals surface area contributed by atoms with Gasteiger partial charge in [0.05, 0.1) is 18.3 Å². The third kappa shape index (κ3) is 2.26. The quantitative estimate of drug-likeness (QED) is 0.756. The lowest BCUT2D eigenvalue weighted by atomic mass is 10.3. The number of carbonyl (C=O) groups is 1. The monoisotopic (exact) mass is 252 g/mol. The number of hydrogen-bond donors (Lipinski definition) is 0. The fraction of sp³-hybridized carbons (Fsp3) is 0.200. The summed E-state index contributed by atoms with van der Waals surface area (Å²) in [5, 5.41) is 8.24. The maximum absolute atomic E-state index is 11.2. The number of carbonyl (C=O) groups excluding carboxylic acids is 1. The third-order valence-electron chi connectivity index (χ3n) is 2.03. The Morgan fingerprint density at radius 3 is 2.88 bits per heavy atom. The van der Waals surface area contributed by atoms with E-state index < -0.39 is 5.97 Å². The molecule has 0 fully saturated rings. The molecule has 0 atom stereocenters. The zero-order valence-corrected chi connectivity index (χ0v) is 9.97. The Hall–Kier alpha value is -1.95. The summed E-state index contributed by atoms with van der Waals surface area (Å²) in [5.41, 5.74) is 1.03. The van der Waals surface area contributed by atoms with Crippen molar-refractivity contribution in [1.29, 1.82) is 0 Å². The Labute approximate surface area is 102 Å². The molecular weight excluding hydrogens is 244 g/mol. The summed E-state index contributed by atoms with van der Waals surface area (Å²) < 4.78 is 4.53. The first-order valence-corrected chi connectivity index (χ1v) is 5.13. The van der Waals surface area contributed by atoms with Crippen molar-refractivity contribution in [3.63, 3.8) is 0 Å². The van der Waals surface area contributed by atoms with Crippen molar-refractivity contribution in [2.45, 2.75) is 6.92 Å². The van der Waals surface area contributed by atoms with E-state index in [0.29, 0.717) is 10.8 Å².